The van der Waals surface area contributed by atoms with Gasteiger partial charge in [-0.15, -0.1) is 0 Å². The molecular weight excluding hydrogens is 242 g/mol. The lowest BCUT2D eigenvalue weighted by molar-refractivity contribution is -0.392. The highest BCUT2D eigenvalue weighted by Crippen LogP contribution is 2.35. The summed E-state index contributed by atoms with van der Waals surface area (Å²) >= 11 is 0. The molecular formula is C10H13N3O5. The van der Waals surface area contributed by atoms with Crippen molar-refractivity contribution in [3.8, 4) is 0 Å². The van der Waals surface area contributed by atoms with E-state index in [1.165, 1.54) is 19.1 Å². The van der Waals surface area contributed by atoms with Gasteiger partial charge in [-0.1, -0.05) is 0 Å². The van der Waals surface area contributed by atoms with E-state index in [-0.39, 0.29) is 23.6 Å². The maximum atomic E-state index is 10.9. The highest BCUT2D eigenvalue weighted by atomic mass is 16.6. The zero-order valence-corrected chi connectivity index (χ0v) is 9.91. The van der Waals surface area contributed by atoms with Crippen molar-refractivity contribution in [2.45, 2.75) is 20.0 Å². The molecule has 0 radical (unpaired) electrons. The highest BCUT2D eigenvalue weighted by molar-refractivity contribution is 5.74. The van der Waals surface area contributed by atoms with Crippen LogP contribution in [-0.4, -0.2) is 27.6 Å². The minimum absolute atomic E-state index is 0.00919. The van der Waals surface area contributed by atoms with Crippen LogP contribution in [0.25, 0.3) is 0 Å². The Kier molecular flexibility index (Phi) is 4.16. The molecule has 2 N–H and O–H groups in total. The van der Waals surface area contributed by atoms with Gasteiger partial charge < -0.3 is 10.4 Å². The van der Waals surface area contributed by atoms with Gasteiger partial charge in [0.05, 0.1) is 16.0 Å². The Labute approximate surface area is 103 Å². The molecule has 0 aliphatic rings. The number of aliphatic hydroxyl groups excluding tert-OH is 1. The number of rotatable bonds is 5. The van der Waals surface area contributed by atoms with Gasteiger partial charge >= 0.3 is 0 Å². The molecule has 0 bridgehead atoms. The van der Waals surface area contributed by atoms with Crippen LogP contribution in [-0.2, 0) is 0 Å². The molecule has 1 unspecified atom stereocenters. The van der Waals surface area contributed by atoms with Gasteiger partial charge in [-0.05, 0) is 19.4 Å². The van der Waals surface area contributed by atoms with E-state index in [1.807, 2.05) is 0 Å². The van der Waals surface area contributed by atoms with E-state index < -0.39 is 16.0 Å². The maximum Gasteiger partial charge on any atom is 0.299 e. The van der Waals surface area contributed by atoms with Crippen LogP contribution in [0.4, 0.5) is 17.1 Å². The smallest absolute Gasteiger partial charge is 0.299 e. The predicted octanol–water partition coefficient (Wildman–Crippen LogP) is 1.60. The van der Waals surface area contributed by atoms with Crippen molar-refractivity contribution < 1.29 is 15.0 Å². The normalized spacial score (nSPS) is 11.9. The lowest BCUT2D eigenvalue weighted by atomic mass is 10.1. The Hall–Kier alpha value is -2.22. The fourth-order valence-electron chi connectivity index (χ4n) is 1.47. The summed E-state index contributed by atoms with van der Waals surface area (Å²) in [5, 5.41) is 33.4. The van der Waals surface area contributed by atoms with Crippen LogP contribution >= 0.6 is 0 Å². The van der Waals surface area contributed by atoms with Gasteiger partial charge in [0.15, 0.2) is 5.69 Å². The van der Waals surface area contributed by atoms with Crippen molar-refractivity contribution in [3.63, 3.8) is 0 Å². The average Bonchev–Trinajstić information content (AvgIpc) is 2.25. The van der Waals surface area contributed by atoms with E-state index in [0.29, 0.717) is 5.56 Å². The summed E-state index contributed by atoms with van der Waals surface area (Å²) in [6.07, 6.45) is -0.773. The number of aryl methyl sites for hydroxylation is 1. The standard InChI is InChI=1S/C10H13N3O5/c1-6-3-8(12(15)16)10(11-5-7(2)14)9(4-6)13(17)18/h3-4,7,11,14H,5H2,1-2H3. The third kappa shape index (κ3) is 3.14. The van der Waals surface area contributed by atoms with Gasteiger partial charge in [0, 0.05) is 18.7 Å². The molecule has 1 atom stereocenters. The monoisotopic (exact) mass is 255 g/mol. The molecule has 1 rings (SSSR count). The average molecular weight is 255 g/mol. The van der Waals surface area contributed by atoms with Crippen LogP contribution < -0.4 is 5.32 Å². The lowest BCUT2D eigenvalue weighted by Gasteiger charge is -2.09. The molecule has 0 saturated carbocycles. The molecule has 0 fully saturated rings. The second-order valence-electron chi connectivity index (χ2n) is 3.92. The molecule has 8 nitrogen and oxygen atoms in total. The number of hydrogen-bond acceptors (Lipinski definition) is 6. The van der Waals surface area contributed by atoms with Crippen molar-refractivity contribution in [1.82, 2.24) is 0 Å². The number of nitrogens with zero attached hydrogens (tertiary/aromatic N) is 2. The molecule has 0 heterocycles. The van der Waals surface area contributed by atoms with Crippen molar-refractivity contribution in [2.24, 2.45) is 0 Å². The van der Waals surface area contributed by atoms with Crippen LogP contribution in [0.1, 0.15) is 12.5 Å². The van der Waals surface area contributed by atoms with E-state index in [0.717, 1.165) is 0 Å². The number of nitro groups is 2. The molecule has 0 aliphatic carbocycles. The molecule has 0 amide bonds. The minimum atomic E-state index is -0.773. The van der Waals surface area contributed by atoms with Gasteiger partial charge in [-0.25, -0.2) is 0 Å². The summed E-state index contributed by atoms with van der Waals surface area (Å²) in [4.78, 5) is 20.4. The quantitative estimate of drug-likeness (QED) is 0.609. The summed E-state index contributed by atoms with van der Waals surface area (Å²) in [5.41, 5.74) is -0.503. The molecule has 0 spiro atoms. The van der Waals surface area contributed by atoms with Crippen LogP contribution in [0.3, 0.4) is 0 Å². The zero-order valence-electron chi connectivity index (χ0n) is 9.91. The van der Waals surface area contributed by atoms with Crippen molar-refractivity contribution >= 4 is 17.1 Å². The minimum Gasteiger partial charge on any atom is -0.392 e. The van der Waals surface area contributed by atoms with E-state index in [2.05, 4.69) is 5.32 Å². The Morgan fingerprint density at radius 1 is 1.28 bits per heavy atom. The van der Waals surface area contributed by atoms with E-state index >= 15 is 0 Å². The van der Waals surface area contributed by atoms with Crippen molar-refractivity contribution in [2.75, 3.05) is 11.9 Å². The topological polar surface area (TPSA) is 119 Å². The number of hydrogen-bond donors (Lipinski definition) is 2. The largest absolute Gasteiger partial charge is 0.392 e. The van der Waals surface area contributed by atoms with E-state index in [4.69, 9.17) is 5.11 Å². The van der Waals surface area contributed by atoms with Crippen molar-refractivity contribution in [1.29, 1.82) is 0 Å². The molecule has 0 saturated heterocycles. The van der Waals surface area contributed by atoms with Gasteiger partial charge in [0.2, 0.25) is 0 Å². The maximum absolute atomic E-state index is 10.9. The van der Waals surface area contributed by atoms with Crippen LogP contribution in [0.2, 0.25) is 0 Å². The molecule has 1 aromatic rings. The van der Waals surface area contributed by atoms with Gasteiger partial charge in [-0.3, -0.25) is 20.2 Å². The third-order valence-corrected chi connectivity index (χ3v) is 2.21. The van der Waals surface area contributed by atoms with Gasteiger partial charge in [0.25, 0.3) is 11.4 Å². The first kappa shape index (κ1) is 13.8. The van der Waals surface area contributed by atoms with E-state index in [9.17, 15) is 20.2 Å². The van der Waals surface area contributed by atoms with E-state index in [1.54, 1.807) is 6.92 Å². The second kappa shape index (κ2) is 5.41. The van der Waals surface area contributed by atoms with Crippen LogP contribution in [0.15, 0.2) is 12.1 Å². The summed E-state index contributed by atoms with van der Waals surface area (Å²) in [6, 6.07) is 2.49. The number of aliphatic hydroxyl groups is 1. The Balaban J connectivity index is 3.31. The Bertz CT molecular complexity index is 451. The first-order valence-electron chi connectivity index (χ1n) is 5.18. The molecule has 18 heavy (non-hydrogen) atoms. The number of benzene rings is 1. The SMILES string of the molecule is Cc1cc([N+](=O)[O-])c(NCC(C)O)c([N+](=O)[O-])c1. The first-order valence-corrected chi connectivity index (χ1v) is 5.18. The molecule has 0 aromatic heterocycles. The molecule has 8 heteroatoms. The number of anilines is 1. The first-order chi connectivity index (χ1) is 8.32. The number of nitrogens with one attached hydrogen (secondary N) is 1. The summed E-state index contributed by atoms with van der Waals surface area (Å²) in [5.74, 6) is 0. The fraction of sp³-hybridized carbons (Fsp3) is 0.400. The molecule has 0 aliphatic heterocycles. The lowest BCUT2D eigenvalue weighted by Crippen LogP contribution is -2.17. The third-order valence-electron chi connectivity index (χ3n) is 2.21. The molecule has 1 aromatic carbocycles. The Morgan fingerprint density at radius 3 is 2.06 bits per heavy atom. The van der Waals surface area contributed by atoms with Crippen LogP contribution in [0, 0.1) is 27.2 Å². The van der Waals surface area contributed by atoms with Gasteiger partial charge in [0.1, 0.15) is 0 Å². The highest BCUT2D eigenvalue weighted by Gasteiger charge is 2.25. The predicted molar refractivity (Wildman–Crippen MR) is 64.7 cm³/mol. The Morgan fingerprint density at radius 2 is 1.72 bits per heavy atom. The summed E-state index contributed by atoms with van der Waals surface area (Å²) in [7, 11) is 0. The summed E-state index contributed by atoms with van der Waals surface area (Å²) < 4.78 is 0. The summed E-state index contributed by atoms with van der Waals surface area (Å²) in [6.45, 7) is 3.00. The van der Waals surface area contributed by atoms with Gasteiger partial charge in [-0.2, -0.15) is 0 Å². The van der Waals surface area contributed by atoms with Crippen LogP contribution in [0.5, 0.6) is 0 Å². The number of nitro benzene ring substituents is 2. The second-order valence-corrected chi connectivity index (χ2v) is 3.92. The molecule has 98 valence electrons. The van der Waals surface area contributed by atoms with Crippen molar-refractivity contribution in [3.05, 3.63) is 37.9 Å². The zero-order chi connectivity index (χ0) is 13.9. The fourth-order valence-corrected chi connectivity index (χ4v) is 1.47.